The zero-order chi connectivity index (χ0) is 15.7. The van der Waals surface area contributed by atoms with Crippen LogP contribution < -0.4 is 16.4 Å². The molecule has 1 saturated carbocycles. The van der Waals surface area contributed by atoms with E-state index < -0.39 is 0 Å². The van der Waals surface area contributed by atoms with Gasteiger partial charge in [-0.25, -0.2) is 0 Å². The number of carbonyl (C=O) groups excluding carboxylic acids is 2. The summed E-state index contributed by atoms with van der Waals surface area (Å²) in [6.07, 6.45) is 4.17. The third kappa shape index (κ3) is 4.03. The molecular weight excluding hydrogens is 314 g/mol. The second-order valence-electron chi connectivity index (χ2n) is 6.50. The van der Waals surface area contributed by atoms with E-state index in [4.69, 9.17) is 5.73 Å². The summed E-state index contributed by atoms with van der Waals surface area (Å²) in [5, 5.41) is 5.91. The van der Waals surface area contributed by atoms with E-state index in [-0.39, 0.29) is 42.2 Å². The molecule has 3 rings (SSSR count). The Morgan fingerprint density at radius 2 is 2.17 bits per heavy atom. The molecule has 23 heavy (non-hydrogen) atoms. The van der Waals surface area contributed by atoms with Crippen LogP contribution in [0.15, 0.2) is 18.2 Å². The fraction of sp³-hybridized carbons (Fsp3) is 0.529. The lowest BCUT2D eigenvalue weighted by Gasteiger charge is -2.27. The van der Waals surface area contributed by atoms with E-state index in [1.165, 1.54) is 0 Å². The molecule has 2 aliphatic rings. The van der Waals surface area contributed by atoms with Crippen molar-refractivity contribution in [1.82, 2.24) is 5.32 Å². The Morgan fingerprint density at radius 3 is 2.91 bits per heavy atom. The van der Waals surface area contributed by atoms with E-state index in [9.17, 15) is 9.59 Å². The number of halogens is 1. The van der Waals surface area contributed by atoms with Gasteiger partial charge >= 0.3 is 0 Å². The average Bonchev–Trinajstić information content (AvgIpc) is 2.86. The van der Waals surface area contributed by atoms with Crippen LogP contribution in [0.2, 0.25) is 0 Å². The second kappa shape index (κ2) is 7.32. The monoisotopic (exact) mass is 337 g/mol. The molecule has 6 heteroatoms. The van der Waals surface area contributed by atoms with Gasteiger partial charge in [-0.15, -0.1) is 12.4 Å². The number of carbonyl (C=O) groups is 2. The predicted molar refractivity (Wildman–Crippen MR) is 92.5 cm³/mol. The van der Waals surface area contributed by atoms with Gasteiger partial charge in [0.1, 0.15) is 0 Å². The van der Waals surface area contributed by atoms with E-state index >= 15 is 0 Å². The average molecular weight is 338 g/mol. The van der Waals surface area contributed by atoms with Crippen LogP contribution in [-0.4, -0.2) is 17.9 Å². The molecule has 4 N–H and O–H groups in total. The van der Waals surface area contributed by atoms with Crippen molar-refractivity contribution in [2.45, 2.75) is 51.1 Å². The van der Waals surface area contributed by atoms with Gasteiger partial charge in [-0.2, -0.15) is 0 Å². The van der Waals surface area contributed by atoms with Crippen molar-refractivity contribution >= 4 is 29.9 Å². The van der Waals surface area contributed by atoms with E-state index in [0.29, 0.717) is 6.42 Å². The zero-order valence-corrected chi connectivity index (χ0v) is 14.1. The molecule has 0 spiro atoms. The van der Waals surface area contributed by atoms with E-state index in [1.54, 1.807) is 0 Å². The fourth-order valence-electron chi connectivity index (χ4n) is 3.40. The number of rotatable bonds is 3. The van der Waals surface area contributed by atoms with Gasteiger partial charge in [0.25, 0.3) is 0 Å². The third-order valence-corrected chi connectivity index (χ3v) is 4.70. The number of amides is 2. The summed E-state index contributed by atoms with van der Waals surface area (Å²) in [5.74, 6) is 0.154. The summed E-state index contributed by atoms with van der Waals surface area (Å²) in [6, 6.07) is 5.96. The quantitative estimate of drug-likeness (QED) is 0.791. The van der Waals surface area contributed by atoms with Gasteiger partial charge in [0.2, 0.25) is 11.8 Å². The number of fused-ring (bicyclic) bond motifs is 1. The van der Waals surface area contributed by atoms with Crippen molar-refractivity contribution < 1.29 is 9.59 Å². The van der Waals surface area contributed by atoms with Crippen molar-refractivity contribution in [2.75, 3.05) is 5.32 Å². The van der Waals surface area contributed by atoms with E-state index in [1.807, 2.05) is 25.1 Å². The van der Waals surface area contributed by atoms with Crippen molar-refractivity contribution in [3.63, 3.8) is 0 Å². The lowest BCUT2D eigenvalue weighted by molar-refractivity contribution is -0.126. The largest absolute Gasteiger partial charge is 0.349 e. The van der Waals surface area contributed by atoms with Crippen LogP contribution in [0.3, 0.4) is 0 Å². The number of anilines is 1. The van der Waals surface area contributed by atoms with Crippen LogP contribution >= 0.6 is 12.4 Å². The van der Waals surface area contributed by atoms with Crippen LogP contribution in [0, 0.1) is 5.92 Å². The minimum Gasteiger partial charge on any atom is -0.349 e. The minimum atomic E-state index is -0.0633. The summed E-state index contributed by atoms with van der Waals surface area (Å²) in [7, 11) is 0. The molecule has 1 fully saturated rings. The molecule has 0 aromatic heterocycles. The maximum atomic E-state index is 12.4. The Balaban J connectivity index is 0.00000192. The third-order valence-electron chi connectivity index (χ3n) is 4.70. The van der Waals surface area contributed by atoms with Crippen LogP contribution in [0.4, 0.5) is 5.69 Å². The first-order valence-corrected chi connectivity index (χ1v) is 8.01. The molecule has 1 aliphatic carbocycles. The lowest BCUT2D eigenvalue weighted by atomic mass is 9.85. The van der Waals surface area contributed by atoms with Gasteiger partial charge in [0, 0.05) is 17.6 Å². The number of benzene rings is 1. The summed E-state index contributed by atoms with van der Waals surface area (Å²) in [4.78, 5) is 23.8. The maximum Gasteiger partial charge on any atom is 0.228 e. The summed E-state index contributed by atoms with van der Waals surface area (Å²) in [6.45, 7) is 1.98. The second-order valence-corrected chi connectivity index (χ2v) is 6.50. The molecule has 1 heterocycles. The SMILES string of the molecule is CC(NC(=O)C1CCCC(N)C1)c1ccc2c(c1)CC(=O)N2.Cl. The summed E-state index contributed by atoms with van der Waals surface area (Å²) in [5.41, 5.74) is 8.87. The standard InChI is InChI=1S/C17H23N3O2.ClH/c1-10(19-17(22)12-3-2-4-14(18)8-12)11-5-6-15-13(7-11)9-16(21)20-15;/h5-7,10,12,14H,2-4,8-9,18H2,1H3,(H,19,22)(H,20,21);1H. The molecule has 1 aliphatic heterocycles. The molecule has 3 atom stereocenters. The Labute approximate surface area is 142 Å². The molecular formula is C17H24ClN3O2. The number of nitrogens with one attached hydrogen (secondary N) is 2. The molecule has 126 valence electrons. The van der Waals surface area contributed by atoms with Crippen molar-refractivity contribution in [3.05, 3.63) is 29.3 Å². The topological polar surface area (TPSA) is 84.2 Å². The molecule has 0 radical (unpaired) electrons. The Morgan fingerprint density at radius 1 is 1.39 bits per heavy atom. The Kier molecular flexibility index (Phi) is 5.65. The Hall–Kier alpha value is -1.59. The van der Waals surface area contributed by atoms with Gasteiger partial charge in [-0.3, -0.25) is 9.59 Å². The molecule has 0 bridgehead atoms. The molecule has 1 aromatic carbocycles. The maximum absolute atomic E-state index is 12.4. The first kappa shape index (κ1) is 17.8. The first-order valence-electron chi connectivity index (χ1n) is 8.01. The smallest absolute Gasteiger partial charge is 0.228 e. The van der Waals surface area contributed by atoms with E-state index in [0.717, 1.165) is 42.5 Å². The fourth-order valence-corrected chi connectivity index (χ4v) is 3.40. The molecule has 1 aromatic rings. The predicted octanol–water partition coefficient (Wildman–Crippen LogP) is 2.30. The number of nitrogens with two attached hydrogens (primary N) is 1. The number of hydrogen-bond donors (Lipinski definition) is 3. The van der Waals surface area contributed by atoms with Gasteiger partial charge in [0.15, 0.2) is 0 Å². The molecule has 5 nitrogen and oxygen atoms in total. The van der Waals surface area contributed by atoms with Gasteiger partial charge in [-0.05, 0) is 43.4 Å². The van der Waals surface area contributed by atoms with Crippen LogP contribution in [0.25, 0.3) is 0 Å². The van der Waals surface area contributed by atoms with E-state index in [2.05, 4.69) is 10.6 Å². The minimum absolute atomic E-state index is 0. The summed E-state index contributed by atoms with van der Waals surface area (Å²) >= 11 is 0. The molecule has 2 amide bonds. The molecule has 3 unspecified atom stereocenters. The van der Waals surface area contributed by atoms with Gasteiger partial charge < -0.3 is 16.4 Å². The Bertz CT molecular complexity index is 606. The van der Waals surface area contributed by atoms with Crippen LogP contribution in [-0.2, 0) is 16.0 Å². The van der Waals surface area contributed by atoms with Gasteiger partial charge in [0.05, 0.1) is 12.5 Å². The highest BCUT2D eigenvalue weighted by atomic mass is 35.5. The summed E-state index contributed by atoms with van der Waals surface area (Å²) < 4.78 is 0. The van der Waals surface area contributed by atoms with Crippen molar-refractivity contribution in [2.24, 2.45) is 11.7 Å². The van der Waals surface area contributed by atoms with Crippen LogP contribution in [0.5, 0.6) is 0 Å². The highest BCUT2D eigenvalue weighted by Crippen LogP contribution is 2.28. The zero-order valence-electron chi connectivity index (χ0n) is 13.3. The number of hydrogen-bond acceptors (Lipinski definition) is 3. The highest BCUT2D eigenvalue weighted by Gasteiger charge is 2.26. The van der Waals surface area contributed by atoms with Crippen LogP contribution in [0.1, 0.15) is 49.8 Å². The normalized spacial score (nSPS) is 24.2. The first-order chi connectivity index (χ1) is 10.5. The molecule has 0 saturated heterocycles. The van der Waals surface area contributed by atoms with Crippen molar-refractivity contribution in [1.29, 1.82) is 0 Å². The highest BCUT2D eigenvalue weighted by molar-refractivity contribution is 5.99. The van der Waals surface area contributed by atoms with Gasteiger partial charge in [-0.1, -0.05) is 18.6 Å². The van der Waals surface area contributed by atoms with Crippen molar-refractivity contribution in [3.8, 4) is 0 Å². The lowest BCUT2D eigenvalue weighted by Crippen LogP contribution is -2.38.